The van der Waals surface area contributed by atoms with Gasteiger partial charge in [-0.05, 0) is 23.8 Å². The quantitative estimate of drug-likeness (QED) is 0.828. The number of fused-ring (bicyclic) bond motifs is 1. The number of halogens is 2. The zero-order valence-electron chi connectivity index (χ0n) is 15.5. The Hall–Kier alpha value is -3.20. The second-order valence-corrected chi connectivity index (χ2v) is 6.78. The third-order valence-electron chi connectivity index (χ3n) is 4.77. The minimum Gasteiger partial charge on any atom is -0.494 e. The topological polar surface area (TPSA) is 77.1 Å². The largest absolute Gasteiger partial charge is 0.494 e. The molecule has 1 N–H and O–H groups in total. The van der Waals surface area contributed by atoms with E-state index in [1.54, 1.807) is 6.07 Å². The van der Waals surface area contributed by atoms with Crippen LogP contribution in [0.25, 0.3) is 0 Å². The Labute approximate surface area is 165 Å². The van der Waals surface area contributed by atoms with Crippen LogP contribution in [0.3, 0.4) is 0 Å². The van der Waals surface area contributed by atoms with Gasteiger partial charge < -0.3 is 24.4 Å². The fourth-order valence-corrected chi connectivity index (χ4v) is 3.16. The van der Waals surface area contributed by atoms with E-state index in [0.29, 0.717) is 5.56 Å². The summed E-state index contributed by atoms with van der Waals surface area (Å²) in [5.74, 6) is -1.71. The van der Waals surface area contributed by atoms with Gasteiger partial charge in [-0.1, -0.05) is 6.07 Å². The van der Waals surface area contributed by atoms with Crippen molar-refractivity contribution in [1.82, 2.24) is 4.90 Å². The van der Waals surface area contributed by atoms with Crippen molar-refractivity contribution in [3.8, 4) is 11.5 Å². The number of methoxy groups -OCH3 is 1. The molecule has 9 heteroatoms. The first-order valence-electron chi connectivity index (χ1n) is 8.94. The van der Waals surface area contributed by atoms with Crippen LogP contribution in [0.15, 0.2) is 30.3 Å². The Balaban J connectivity index is 1.34. The van der Waals surface area contributed by atoms with Gasteiger partial charge in [0.2, 0.25) is 0 Å². The SMILES string of the molecule is COc1ccc(COC2CN(C(=O)c3cc4c(cc3F)OCC(=O)N4)C2)cc1F. The summed E-state index contributed by atoms with van der Waals surface area (Å²) in [6.07, 6.45) is -0.229. The molecule has 2 aliphatic rings. The van der Waals surface area contributed by atoms with Crippen LogP contribution in [0.5, 0.6) is 11.5 Å². The van der Waals surface area contributed by atoms with Gasteiger partial charge in [-0.25, -0.2) is 8.78 Å². The van der Waals surface area contributed by atoms with Crippen molar-refractivity contribution in [3.63, 3.8) is 0 Å². The smallest absolute Gasteiger partial charge is 0.262 e. The Bertz CT molecular complexity index is 976. The highest BCUT2D eigenvalue weighted by Crippen LogP contribution is 2.31. The molecule has 2 aromatic carbocycles. The molecule has 1 fully saturated rings. The minimum atomic E-state index is -0.719. The molecule has 2 aromatic rings. The summed E-state index contributed by atoms with van der Waals surface area (Å²) in [6, 6.07) is 6.92. The average molecular weight is 404 g/mol. The Morgan fingerprint density at radius 1 is 1.24 bits per heavy atom. The third-order valence-corrected chi connectivity index (χ3v) is 4.77. The van der Waals surface area contributed by atoms with Gasteiger partial charge in [0.25, 0.3) is 11.8 Å². The number of carbonyl (C=O) groups is 2. The van der Waals surface area contributed by atoms with Crippen LogP contribution in [0, 0.1) is 11.6 Å². The standard InChI is InChI=1S/C20H18F2N2O5/c1-27-17-3-2-11(4-15(17)22)9-28-12-7-24(8-12)20(26)13-5-16-18(6-14(13)21)29-10-19(25)23-16/h2-6,12H,7-10H2,1H3,(H,23,25). The number of anilines is 1. The Morgan fingerprint density at radius 2 is 2.03 bits per heavy atom. The highest BCUT2D eigenvalue weighted by atomic mass is 19.1. The Kier molecular flexibility index (Phi) is 5.06. The molecule has 0 radical (unpaired) electrons. The lowest BCUT2D eigenvalue weighted by atomic mass is 10.1. The van der Waals surface area contributed by atoms with E-state index in [0.717, 1.165) is 6.07 Å². The number of nitrogens with zero attached hydrogens (tertiary/aromatic N) is 1. The molecule has 0 atom stereocenters. The summed E-state index contributed by atoms with van der Waals surface area (Å²) in [6.45, 7) is 0.570. The monoisotopic (exact) mass is 404 g/mol. The van der Waals surface area contributed by atoms with E-state index in [1.165, 1.54) is 30.2 Å². The predicted octanol–water partition coefficient (Wildman–Crippen LogP) is 2.35. The predicted molar refractivity (Wildman–Crippen MR) is 98.0 cm³/mol. The molecule has 0 saturated carbocycles. The number of benzene rings is 2. The first kappa shape index (κ1) is 19.1. The van der Waals surface area contributed by atoms with Gasteiger partial charge in [0.15, 0.2) is 18.2 Å². The molecule has 7 nitrogen and oxygen atoms in total. The number of nitrogens with one attached hydrogen (secondary N) is 1. The molecule has 152 valence electrons. The van der Waals surface area contributed by atoms with Gasteiger partial charge >= 0.3 is 0 Å². The van der Waals surface area contributed by atoms with Gasteiger partial charge in [0.1, 0.15) is 11.6 Å². The number of ether oxygens (including phenoxy) is 3. The summed E-state index contributed by atoms with van der Waals surface area (Å²) in [7, 11) is 1.39. The van der Waals surface area contributed by atoms with Crippen molar-refractivity contribution < 1.29 is 32.6 Å². The van der Waals surface area contributed by atoms with Crippen molar-refractivity contribution in [2.45, 2.75) is 12.7 Å². The third kappa shape index (κ3) is 3.86. The maximum Gasteiger partial charge on any atom is 0.262 e. The lowest BCUT2D eigenvalue weighted by molar-refractivity contribution is -0.118. The summed E-state index contributed by atoms with van der Waals surface area (Å²) in [5.41, 5.74) is 0.760. The van der Waals surface area contributed by atoms with E-state index in [1.807, 2.05) is 0 Å². The molecule has 4 rings (SSSR count). The summed E-state index contributed by atoms with van der Waals surface area (Å²) >= 11 is 0. The second kappa shape index (κ2) is 7.67. The molecule has 1 saturated heterocycles. The molecular weight excluding hydrogens is 386 g/mol. The van der Waals surface area contributed by atoms with Gasteiger partial charge in [-0.15, -0.1) is 0 Å². The van der Waals surface area contributed by atoms with E-state index in [4.69, 9.17) is 14.2 Å². The summed E-state index contributed by atoms with van der Waals surface area (Å²) < 4.78 is 43.7. The van der Waals surface area contributed by atoms with E-state index in [2.05, 4.69) is 5.32 Å². The molecule has 0 unspecified atom stereocenters. The van der Waals surface area contributed by atoms with Crippen molar-refractivity contribution in [1.29, 1.82) is 0 Å². The molecule has 0 aliphatic carbocycles. The van der Waals surface area contributed by atoms with Crippen LogP contribution in [0.4, 0.5) is 14.5 Å². The molecule has 2 heterocycles. The van der Waals surface area contributed by atoms with Crippen LogP contribution in [0.1, 0.15) is 15.9 Å². The molecular formula is C20H18F2N2O5. The molecule has 29 heavy (non-hydrogen) atoms. The molecule has 2 aliphatic heterocycles. The van der Waals surface area contributed by atoms with Crippen LogP contribution in [-0.4, -0.2) is 49.6 Å². The second-order valence-electron chi connectivity index (χ2n) is 6.78. The first-order chi connectivity index (χ1) is 13.9. The number of likely N-dealkylation sites (tertiary alicyclic amines) is 1. The Morgan fingerprint density at radius 3 is 2.76 bits per heavy atom. The summed E-state index contributed by atoms with van der Waals surface area (Å²) in [5, 5.41) is 2.55. The molecule has 0 spiro atoms. The van der Waals surface area contributed by atoms with Crippen LogP contribution in [0.2, 0.25) is 0 Å². The maximum atomic E-state index is 14.3. The highest BCUT2D eigenvalue weighted by Gasteiger charge is 2.34. The molecule has 0 aromatic heterocycles. The van der Waals surface area contributed by atoms with E-state index in [-0.39, 0.29) is 61.1 Å². The zero-order chi connectivity index (χ0) is 20.5. The number of amides is 2. The van der Waals surface area contributed by atoms with Gasteiger partial charge in [0.05, 0.1) is 31.1 Å². The van der Waals surface area contributed by atoms with E-state index in [9.17, 15) is 18.4 Å². The van der Waals surface area contributed by atoms with Crippen molar-refractivity contribution in [2.24, 2.45) is 0 Å². The van der Waals surface area contributed by atoms with Gasteiger partial charge in [0, 0.05) is 19.2 Å². The van der Waals surface area contributed by atoms with Gasteiger partial charge in [-0.2, -0.15) is 0 Å². The van der Waals surface area contributed by atoms with Crippen LogP contribution < -0.4 is 14.8 Å². The lowest BCUT2D eigenvalue weighted by Gasteiger charge is -2.39. The maximum absolute atomic E-state index is 14.3. The lowest BCUT2D eigenvalue weighted by Crippen LogP contribution is -2.54. The fraction of sp³-hybridized carbons (Fsp3) is 0.300. The highest BCUT2D eigenvalue weighted by molar-refractivity contribution is 6.00. The van der Waals surface area contributed by atoms with E-state index >= 15 is 0 Å². The number of hydrogen-bond donors (Lipinski definition) is 1. The minimum absolute atomic E-state index is 0.148. The normalized spacial score (nSPS) is 15.8. The summed E-state index contributed by atoms with van der Waals surface area (Å²) in [4.78, 5) is 25.4. The fourth-order valence-electron chi connectivity index (χ4n) is 3.16. The number of rotatable bonds is 5. The first-order valence-corrected chi connectivity index (χ1v) is 8.94. The van der Waals surface area contributed by atoms with Crippen molar-refractivity contribution in [2.75, 3.05) is 32.1 Å². The number of hydrogen-bond acceptors (Lipinski definition) is 5. The van der Waals surface area contributed by atoms with E-state index < -0.39 is 17.5 Å². The zero-order valence-corrected chi connectivity index (χ0v) is 15.5. The number of carbonyl (C=O) groups excluding carboxylic acids is 2. The van der Waals surface area contributed by atoms with Gasteiger partial charge in [-0.3, -0.25) is 9.59 Å². The average Bonchev–Trinajstić information content (AvgIpc) is 2.66. The molecule has 0 bridgehead atoms. The molecule has 2 amide bonds. The van der Waals surface area contributed by atoms with Crippen molar-refractivity contribution in [3.05, 3.63) is 53.1 Å². The van der Waals surface area contributed by atoms with Crippen molar-refractivity contribution >= 4 is 17.5 Å². The van der Waals surface area contributed by atoms with Crippen LogP contribution in [-0.2, 0) is 16.1 Å². The van der Waals surface area contributed by atoms with Crippen LogP contribution >= 0.6 is 0 Å².